The minimum Gasteiger partial charge on any atom is -0.459 e. The van der Waals surface area contributed by atoms with Crippen molar-refractivity contribution in [3.63, 3.8) is 0 Å². The van der Waals surface area contributed by atoms with E-state index in [1.54, 1.807) is 6.92 Å². The topological polar surface area (TPSA) is 91.0 Å². The molecule has 2 aromatic heterocycles. The molecule has 0 radical (unpaired) electrons. The van der Waals surface area contributed by atoms with Crippen LogP contribution in [0.25, 0.3) is 0 Å². The average Bonchev–Trinajstić information content (AvgIpc) is 3.00. The average molecular weight is 300 g/mol. The second-order valence-corrected chi connectivity index (χ2v) is 5.37. The highest BCUT2D eigenvalue weighted by atomic mass is 32.2. The molecule has 0 aliphatic carbocycles. The third-order valence-electron chi connectivity index (χ3n) is 1.95. The number of aryl methyl sites for hydroxylation is 1. The third kappa shape index (κ3) is 3.74. The number of hydrogen-bond acceptors (Lipinski definition) is 9. The van der Waals surface area contributed by atoms with Gasteiger partial charge in [-0.2, -0.15) is 4.37 Å². The van der Waals surface area contributed by atoms with Crippen LogP contribution in [0.3, 0.4) is 0 Å². The summed E-state index contributed by atoms with van der Waals surface area (Å²) in [6, 6.07) is 0. The molecule has 102 valence electrons. The van der Waals surface area contributed by atoms with Crippen molar-refractivity contribution < 1.29 is 13.9 Å². The number of carbonyl (C=O) groups excluding carboxylic acids is 1. The third-order valence-corrected chi connectivity index (χ3v) is 3.58. The standard InChI is InChI=1S/C10H12N4O3S2/c1-3-5-6-11-10(19-14-6)18-9-13-12-7(17-9)8(15)16-4-2/h3-5H2,1-2H3. The van der Waals surface area contributed by atoms with Crippen molar-refractivity contribution in [2.24, 2.45) is 0 Å². The molecule has 0 amide bonds. The largest absolute Gasteiger partial charge is 0.459 e. The van der Waals surface area contributed by atoms with Crippen LogP contribution in [0.2, 0.25) is 0 Å². The molecule has 0 N–H and O–H groups in total. The van der Waals surface area contributed by atoms with E-state index in [0.29, 0.717) is 4.34 Å². The summed E-state index contributed by atoms with van der Waals surface area (Å²) in [5, 5.41) is 7.62. The fourth-order valence-electron chi connectivity index (χ4n) is 1.21. The van der Waals surface area contributed by atoms with Gasteiger partial charge in [-0.25, -0.2) is 9.78 Å². The van der Waals surface area contributed by atoms with Gasteiger partial charge in [0.2, 0.25) is 0 Å². The van der Waals surface area contributed by atoms with Gasteiger partial charge in [-0.3, -0.25) is 0 Å². The van der Waals surface area contributed by atoms with Gasteiger partial charge in [-0.1, -0.05) is 12.0 Å². The first-order valence-electron chi connectivity index (χ1n) is 5.74. The summed E-state index contributed by atoms with van der Waals surface area (Å²) >= 11 is 2.46. The Balaban J connectivity index is 2.00. The smallest absolute Gasteiger partial charge is 0.396 e. The summed E-state index contributed by atoms with van der Waals surface area (Å²) in [5.41, 5.74) is 0. The number of rotatable bonds is 6. The van der Waals surface area contributed by atoms with Gasteiger partial charge in [0.1, 0.15) is 5.82 Å². The Morgan fingerprint density at radius 1 is 1.42 bits per heavy atom. The molecular weight excluding hydrogens is 288 g/mol. The highest BCUT2D eigenvalue weighted by Crippen LogP contribution is 2.28. The molecule has 9 heteroatoms. The van der Waals surface area contributed by atoms with E-state index in [1.807, 2.05) is 0 Å². The van der Waals surface area contributed by atoms with Gasteiger partial charge >= 0.3 is 11.9 Å². The van der Waals surface area contributed by atoms with E-state index < -0.39 is 5.97 Å². The van der Waals surface area contributed by atoms with Crippen molar-refractivity contribution in [2.75, 3.05) is 6.61 Å². The summed E-state index contributed by atoms with van der Waals surface area (Å²) in [4.78, 5) is 15.7. The van der Waals surface area contributed by atoms with Gasteiger partial charge < -0.3 is 9.15 Å². The summed E-state index contributed by atoms with van der Waals surface area (Å²) < 4.78 is 14.8. The van der Waals surface area contributed by atoms with E-state index in [-0.39, 0.29) is 17.7 Å². The first-order chi connectivity index (χ1) is 9.22. The Morgan fingerprint density at radius 2 is 2.26 bits per heavy atom. The van der Waals surface area contributed by atoms with E-state index >= 15 is 0 Å². The first-order valence-corrected chi connectivity index (χ1v) is 7.33. The summed E-state index contributed by atoms with van der Waals surface area (Å²) in [6.45, 7) is 4.04. The Kier molecular flexibility index (Phi) is 4.86. The molecule has 0 spiro atoms. The minimum atomic E-state index is -0.620. The fourth-order valence-corrected chi connectivity index (χ4v) is 2.64. The van der Waals surface area contributed by atoms with E-state index in [1.165, 1.54) is 23.3 Å². The molecule has 0 saturated heterocycles. The van der Waals surface area contributed by atoms with Crippen LogP contribution in [0.5, 0.6) is 0 Å². The van der Waals surface area contributed by atoms with Crippen molar-refractivity contribution in [1.82, 2.24) is 19.6 Å². The monoisotopic (exact) mass is 300 g/mol. The second-order valence-electron chi connectivity index (χ2n) is 3.42. The quantitative estimate of drug-likeness (QED) is 0.750. The van der Waals surface area contributed by atoms with Gasteiger partial charge in [0.05, 0.1) is 6.61 Å². The Morgan fingerprint density at radius 3 is 3.00 bits per heavy atom. The normalized spacial score (nSPS) is 10.6. The van der Waals surface area contributed by atoms with Crippen LogP contribution >= 0.6 is 23.3 Å². The van der Waals surface area contributed by atoms with Gasteiger partial charge in [-0.05, 0) is 24.9 Å². The van der Waals surface area contributed by atoms with Gasteiger partial charge in [-0.15, -0.1) is 5.10 Å². The predicted octanol–water partition coefficient (Wildman–Crippen LogP) is 2.20. The number of ether oxygens (including phenoxy) is 1. The maximum atomic E-state index is 11.3. The zero-order valence-electron chi connectivity index (χ0n) is 10.5. The molecule has 19 heavy (non-hydrogen) atoms. The molecule has 2 aromatic rings. The molecule has 0 bridgehead atoms. The zero-order valence-corrected chi connectivity index (χ0v) is 12.1. The lowest BCUT2D eigenvalue weighted by Crippen LogP contribution is -2.04. The Hall–Kier alpha value is -1.48. The highest BCUT2D eigenvalue weighted by molar-refractivity contribution is 8.00. The lowest BCUT2D eigenvalue weighted by molar-refractivity contribution is 0.0475. The number of hydrogen-bond donors (Lipinski definition) is 0. The van der Waals surface area contributed by atoms with Crippen LogP contribution in [0.4, 0.5) is 0 Å². The number of nitrogens with zero attached hydrogens (tertiary/aromatic N) is 4. The van der Waals surface area contributed by atoms with E-state index in [2.05, 4.69) is 26.5 Å². The van der Waals surface area contributed by atoms with E-state index in [9.17, 15) is 4.79 Å². The molecular formula is C10H12N4O3S2. The highest BCUT2D eigenvalue weighted by Gasteiger charge is 2.17. The molecule has 7 nitrogen and oxygen atoms in total. The SMILES string of the molecule is CCCc1nsc(Sc2nnc(C(=O)OCC)o2)n1. The molecule has 2 rings (SSSR count). The first kappa shape index (κ1) is 13.9. The fraction of sp³-hybridized carbons (Fsp3) is 0.500. The predicted molar refractivity (Wildman–Crippen MR) is 68.3 cm³/mol. The van der Waals surface area contributed by atoms with Crippen molar-refractivity contribution in [2.45, 2.75) is 36.3 Å². The van der Waals surface area contributed by atoms with E-state index in [4.69, 9.17) is 9.15 Å². The maximum Gasteiger partial charge on any atom is 0.396 e. The van der Waals surface area contributed by atoms with Crippen LogP contribution < -0.4 is 0 Å². The molecule has 0 fully saturated rings. The van der Waals surface area contributed by atoms with Crippen LogP contribution in [0.1, 0.15) is 36.8 Å². The zero-order chi connectivity index (χ0) is 13.7. The van der Waals surface area contributed by atoms with Gasteiger partial charge in [0.15, 0.2) is 4.34 Å². The number of carbonyl (C=O) groups is 1. The van der Waals surface area contributed by atoms with Crippen LogP contribution in [-0.2, 0) is 11.2 Å². The molecule has 0 aromatic carbocycles. The Labute approximate surface area is 117 Å². The Bertz CT molecular complexity index is 554. The van der Waals surface area contributed by atoms with Crippen molar-refractivity contribution in [3.8, 4) is 0 Å². The van der Waals surface area contributed by atoms with E-state index in [0.717, 1.165) is 18.7 Å². The minimum absolute atomic E-state index is 0.150. The van der Waals surface area contributed by atoms with Crippen LogP contribution in [0, 0.1) is 0 Å². The lowest BCUT2D eigenvalue weighted by atomic mass is 10.3. The molecule has 0 unspecified atom stereocenters. The summed E-state index contributed by atoms with van der Waals surface area (Å²) in [7, 11) is 0. The maximum absolute atomic E-state index is 11.3. The lowest BCUT2D eigenvalue weighted by Gasteiger charge is -1.93. The van der Waals surface area contributed by atoms with Crippen molar-refractivity contribution in [1.29, 1.82) is 0 Å². The summed E-state index contributed by atoms with van der Waals surface area (Å²) in [5.74, 6) is 0.0357. The van der Waals surface area contributed by atoms with Crippen LogP contribution in [0.15, 0.2) is 14.0 Å². The molecule has 0 atom stereocenters. The number of aromatic nitrogens is 4. The van der Waals surface area contributed by atoms with Crippen molar-refractivity contribution >= 4 is 29.3 Å². The number of esters is 1. The van der Waals surface area contributed by atoms with Gasteiger partial charge in [0.25, 0.3) is 5.22 Å². The second kappa shape index (κ2) is 6.62. The molecule has 0 aliphatic heterocycles. The summed E-state index contributed by atoms with van der Waals surface area (Å²) in [6.07, 6.45) is 1.84. The molecule has 0 saturated carbocycles. The van der Waals surface area contributed by atoms with Crippen LogP contribution in [-0.4, -0.2) is 32.1 Å². The van der Waals surface area contributed by atoms with Crippen molar-refractivity contribution in [3.05, 3.63) is 11.7 Å². The molecule has 0 aliphatic rings. The molecule has 2 heterocycles. The van der Waals surface area contributed by atoms with Gasteiger partial charge in [0, 0.05) is 18.2 Å².